The topological polar surface area (TPSA) is 44.9 Å². The maximum Gasteiger partial charge on any atom is 0.229 e. The number of amides is 1. The molecule has 1 aromatic carbocycles. The third-order valence-electron chi connectivity index (χ3n) is 2.51. The zero-order valence-electron chi connectivity index (χ0n) is 10.2. The van der Waals surface area contributed by atoms with Gasteiger partial charge < -0.3 is 10.3 Å². The minimum Gasteiger partial charge on any atom is -0.341 e. The molecule has 0 atom stereocenters. The molecule has 0 bridgehead atoms. The molecule has 0 aliphatic heterocycles. The Morgan fingerprint density at radius 1 is 1.40 bits per heavy atom. The molecular formula is C12H9F3N2OS2. The van der Waals surface area contributed by atoms with Crippen molar-refractivity contribution in [2.45, 2.75) is 13.3 Å². The molecule has 1 aromatic heterocycles. The van der Waals surface area contributed by atoms with Gasteiger partial charge in [0.15, 0.2) is 15.6 Å². The Labute approximate surface area is 121 Å². The summed E-state index contributed by atoms with van der Waals surface area (Å²) in [5.74, 6) is -4.19. The minimum absolute atomic E-state index is 0.0544. The highest BCUT2D eigenvalue weighted by Crippen LogP contribution is 2.20. The van der Waals surface area contributed by atoms with E-state index < -0.39 is 29.0 Å². The van der Waals surface area contributed by atoms with Crippen molar-refractivity contribution < 1.29 is 18.0 Å². The number of hydrogen-bond donors (Lipinski definition) is 2. The predicted octanol–water partition coefficient (Wildman–Crippen LogP) is 3.71. The molecule has 2 rings (SSSR count). The molecule has 0 saturated carbocycles. The number of halogens is 3. The molecule has 1 heterocycles. The monoisotopic (exact) mass is 318 g/mol. The first-order valence-electron chi connectivity index (χ1n) is 5.50. The first-order valence-corrected chi connectivity index (χ1v) is 6.72. The smallest absolute Gasteiger partial charge is 0.229 e. The highest BCUT2D eigenvalue weighted by molar-refractivity contribution is 7.73. The standard InChI is InChI=1S/C12H9F3N2OS2/c1-5-9(20-12(19)16-5)4-10(18)17-8-3-6(13)2-7(14)11(8)15/h2-3H,4H2,1H3,(H,16,19)(H,17,18). The van der Waals surface area contributed by atoms with E-state index >= 15 is 0 Å². The fourth-order valence-corrected chi connectivity index (χ4v) is 2.88. The number of carbonyl (C=O) groups excluding carboxylic acids is 1. The summed E-state index contributed by atoms with van der Waals surface area (Å²) in [5, 5.41) is 2.14. The molecule has 106 valence electrons. The molecule has 0 aliphatic rings. The van der Waals surface area contributed by atoms with E-state index in [1.807, 2.05) is 0 Å². The van der Waals surface area contributed by atoms with Crippen LogP contribution in [0.1, 0.15) is 10.6 Å². The number of benzene rings is 1. The maximum atomic E-state index is 13.4. The summed E-state index contributed by atoms with van der Waals surface area (Å²) in [6, 6.07) is 1.13. The quantitative estimate of drug-likeness (QED) is 0.669. The van der Waals surface area contributed by atoms with Crippen LogP contribution in [0.25, 0.3) is 0 Å². The molecule has 0 saturated heterocycles. The van der Waals surface area contributed by atoms with Crippen LogP contribution < -0.4 is 5.32 Å². The summed E-state index contributed by atoms with van der Waals surface area (Å²) in [5.41, 5.74) is 0.213. The SMILES string of the molecule is Cc1[nH]c(=S)sc1CC(=O)Nc1cc(F)cc(F)c1F. The second kappa shape index (κ2) is 5.76. The third-order valence-corrected chi connectivity index (χ3v) is 3.85. The molecule has 2 N–H and O–H groups in total. The summed E-state index contributed by atoms with van der Waals surface area (Å²) in [6.45, 7) is 1.75. The van der Waals surface area contributed by atoms with E-state index in [2.05, 4.69) is 10.3 Å². The van der Waals surface area contributed by atoms with Crippen LogP contribution in [0.3, 0.4) is 0 Å². The van der Waals surface area contributed by atoms with Crippen molar-refractivity contribution in [1.29, 1.82) is 0 Å². The van der Waals surface area contributed by atoms with E-state index in [9.17, 15) is 18.0 Å². The van der Waals surface area contributed by atoms with E-state index in [-0.39, 0.29) is 6.42 Å². The highest BCUT2D eigenvalue weighted by atomic mass is 32.1. The van der Waals surface area contributed by atoms with Crippen molar-refractivity contribution in [1.82, 2.24) is 4.98 Å². The van der Waals surface area contributed by atoms with E-state index in [0.717, 1.165) is 11.8 Å². The Balaban J connectivity index is 2.16. The molecule has 0 spiro atoms. The number of H-pyrrole nitrogens is 1. The lowest BCUT2D eigenvalue weighted by Crippen LogP contribution is -2.16. The van der Waals surface area contributed by atoms with E-state index in [4.69, 9.17) is 12.2 Å². The molecule has 0 aliphatic carbocycles. The molecule has 3 nitrogen and oxygen atoms in total. The molecular weight excluding hydrogens is 309 g/mol. The van der Waals surface area contributed by atoms with Crippen molar-refractivity contribution in [3.8, 4) is 0 Å². The van der Waals surface area contributed by atoms with Gasteiger partial charge >= 0.3 is 0 Å². The van der Waals surface area contributed by atoms with Crippen molar-refractivity contribution in [3.05, 3.63) is 44.1 Å². The Bertz CT molecular complexity index is 724. The lowest BCUT2D eigenvalue weighted by atomic mass is 10.2. The lowest BCUT2D eigenvalue weighted by Gasteiger charge is -2.07. The van der Waals surface area contributed by atoms with Gasteiger partial charge in [-0.05, 0) is 19.1 Å². The average molecular weight is 318 g/mol. The van der Waals surface area contributed by atoms with Crippen LogP contribution in [0.15, 0.2) is 12.1 Å². The summed E-state index contributed by atoms with van der Waals surface area (Å²) < 4.78 is 39.9. The fraction of sp³-hybridized carbons (Fsp3) is 0.167. The van der Waals surface area contributed by atoms with Crippen LogP contribution in [0, 0.1) is 28.3 Å². The van der Waals surface area contributed by atoms with Crippen LogP contribution in [0.5, 0.6) is 0 Å². The minimum atomic E-state index is -1.35. The number of thiazole rings is 1. The fourth-order valence-electron chi connectivity index (χ4n) is 1.59. The highest BCUT2D eigenvalue weighted by Gasteiger charge is 2.15. The van der Waals surface area contributed by atoms with E-state index in [1.54, 1.807) is 6.92 Å². The van der Waals surface area contributed by atoms with Gasteiger partial charge in [-0.15, -0.1) is 11.3 Å². The van der Waals surface area contributed by atoms with Gasteiger partial charge in [-0.1, -0.05) is 0 Å². The maximum absolute atomic E-state index is 13.4. The van der Waals surface area contributed by atoms with Crippen molar-refractivity contribution in [2.75, 3.05) is 5.32 Å². The summed E-state index contributed by atoms with van der Waals surface area (Å²) in [7, 11) is 0. The third kappa shape index (κ3) is 3.26. The molecule has 2 aromatic rings. The average Bonchev–Trinajstić information content (AvgIpc) is 2.64. The van der Waals surface area contributed by atoms with Crippen LogP contribution in [0.4, 0.5) is 18.9 Å². The Kier molecular flexibility index (Phi) is 4.24. The normalized spacial score (nSPS) is 10.6. The number of aromatic amines is 1. The van der Waals surface area contributed by atoms with Gasteiger partial charge in [-0.3, -0.25) is 4.79 Å². The zero-order chi connectivity index (χ0) is 14.9. The van der Waals surface area contributed by atoms with Gasteiger partial charge in [0, 0.05) is 22.7 Å². The molecule has 0 radical (unpaired) electrons. The van der Waals surface area contributed by atoms with Crippen molar-refractivity contribution in [3.63, 3.8) is 0 Å². The van der Waals surface area contributed by atoms with Crippen molar-refractivity contribution >= 4 is 35.1 Å². The number of aryl methyl sites for hydroxylation is 1. The Morgan fingerprint density at radius 2 is 2.10 bits per heavy atom. The largest absolute Gasteiger partial charge is 0.341 e. The molecule has 8 heteroatoms. The number of hydrogen-bond acceptors (Lipinski definition) is 3. The number of anilines is 1. The van der Waals surface area contributed by atoms with Gasteiger partial charge in [-0.25, -0.2) is 13.2 Å². The number of rotatable bonds is 3. The first kappa shape index (κ1) is 14.7. The molecule has 1 amide bonds. The van der Waals surface area contributed by atoms with E-state index in [0.29, 0.717) is 14.9 Å². The summed E-state index contributed by atoms with van der Waals surface area (Å²) >= 11 is 6.15. The Morgan fingerprint density at radius 3 is 2.70 bits per heavy atom. The summed E-state index contributed by atoms with van der Waals surface area (Å²) in [4.78, 5) is 15.3. The van der Waals surface area contributed by atoms with Crippen LogP contribution in [0.2, 0.25) is 0 Å². The van der Waals surface area contributed by atoms with Crippen LogP contribution in [-0.2, 0) is 11.2 Å². The van der Waals surface area contributed by atoms with Gasteiger partial charge in [0.2, 0.25) is 5.91 Å². The molecule has 20 heavy (non-hydrogen) atoms. The second-order valence-corrected chi connectivity index (χ2v) is 5.81. The van der Waals surface area contributed by atoms with Gasteiger partial charge in [-0.2, -0.15) is 0 Å². The zero-order valence-corrected chi connectivity index (χ0v) is 11.9. The van der Waals surface area contributed by atoms with Gasteiger partial charge in [0.05, 0.1) is 12.1 Å². The number of carbonyl (C=O) groups is 1. The Hall–Kier alpha value is -1.67. The lowest BCUT2D eigenvalue weighted by molar-refractivity contribution is -0.115. The van der Waals surface area contributed by atoms with Crippen molar-refractivity contribution in [2.24, 2.45) is 0 Å². The molecule has 0 fully saturated rings. The van der Waals surface area contributed by atoms with Crippen LogP contribution in [-0.4, -0.2) is 10.9 Å². The van der Waals surface area contributed by atoms with Gasteiger partial charge in [0.25, 0.3) is 0 Å². The molecule has 0 unspecified atom stereocenters. The predicted molar refractivity (Wildman–Crippen MR) is 72.9 cm³/mol. The second-order valence-electron chi connectivity index (χ2n) is 4.04. The van der Waals surface area contributed by atoms with E-state index in [1.165, 1.54) is 11.3 Å². The van der Waals surface area contributed by atoms with Crippen LogP contribution >= 0.6 is 23.6 Å². The first-order chi connectivity index (χ1) is 9.36. The summed E-state index contributed by atoms with van der Waals surface area (Å²) in [6.07, 6.45) is -0.0544. The van der Waals surface area contributed by atoms with Gasteiger partial charge in [0.1, 0.15) is 5.82 Å². The number of aromatic nitrogens is 1. The number of nitrogens with one attached hydrogen (secondary N) is 2.